The summed E-state index contributed by atoms with van der Waals surface area (Å²) in [6.45, 7) is 4.94. The Morgan fingerprint density at radius 1 is 1.39 bits per heavy atom. The molecule has 1 aromatic carbocycles. The predicted octanol–water partition coefficient (Wildman–Crippen LogP) is 3.55. The fraction of sp³-hybridized carbons (Fsp3) is 0.571. The molecule has 2 nitrogen and oxygen atoms in total. The third-order valence-corrected chi connectivity index (χ3v) is 4.64. The average molecular weight is 287 g/mol. The van der Waals surface area contributed by atoms with Gasteiger partial charge >= 0.3 is 0 Å². The van der Waals surface area contributed by atoms with Crippen LogP contribution in [-0.4, -0.2) is 24.0 Å². The van der Waals surface area contributed by atoms with Gasteiger partial charge in [-0.3, -0.25) is 4.90 Å². The summed E-state index contributed by atoms with van der Waals surface area (Å²) >= 11 is 12.3. The van der Waals surface area contributed by atoms with Gasteiger partial charge < -0.3 is 5.73 Å². The van der Waals surface area contributed by atoms with E-state index in [1.165, 1.54) is 12.8 Å². The fourth-order valence-electron chi connectivity index (χ4n) is 2.64. The van der Waals surface area contributed by atoms with Crippen LogP contribution < -0.4 is 5.73 Å². The Morgan fingerprint density at radius 3 is 2.89 bits per heavy atom. The number of halogens is 2. The van der Waals surface area contributed by atoms with Crippen LogP contribution in [0, 0.1) is 5.92 Å². The predicted molar refractivity (Wildman–Crippen MR) is 78.1 cm³/mol. The van der Waals surface area contributed by atoms with Gasteiger partial charge in [-0.1, -0.05) is 42.3 Å². The van der Waals surface area contributed by atoms with Gasteiger partial charge in [0, 0.05) is 19.1 Å². The molecule has 0 saturated carbocycles. The highest BCUT2D eigenvalue weighted by Crippen LogP contribution is 2.29. The zero-order valence-electron chi connectivity index (χ0n) is 10.7. The van der Waals surface area contributed by atoms with E-state index in [2.05, 4.69) is 11.8 Å². The topological polar surface area (TPSA) is 29.3 Å². The standard InChI is InChI=1S/C14H20Cl2N2/c1-10-5-6-18(12(7-10)8-17)9-11-3-2-4-13(15)14(11)16/h2-4,10,12H,5-9,17H2,1H3. The second-order valence-electron chi connectivity index (χ2n) is 5.20. The number of rotatable bonds is 3. The Balaban J connectivity index is 2.10. The number of piperidine rings is 1. The molecule has 2 N–H and O–H groups in total. The number of hydrogen-bond donors (Lipinski definition) is 1. The second-order valence-corrected chi connectivity index (χ2v) is 5.99. The quantitative estimate of drug-likeness (QED) is 0.921. The van der Waals surface area contributed by atoms with Gasteiger partial charge in [0.2, 0.25) is 0 Å². The Labute approximate surface area is 119 Å². The van der Waals surface area contributed by atoms with Crippen LogP contribution in [0.1, 0.15) is 25.3 Å². The summed E-state index contributed by atoms with van der Waals surface area (Å²) in [6, 6.07) is 6.28. The highest BCUT2D eigenvalue weighted by Gasteiger charge is 2.25. The number of likely N-dealkylation sites (tertiary alicyclic amines) is 1. The van der Waals surface area contributed by atoms with Crippen LogP contribution in [0.4, 0.5) is 0 Å². The molecule has 0 aliphatic carbocycles. The van der Waals surface area contributed by atoms with Gasteiger partial charge in [-0.2, -0.15) is 0 Å². The minimum Gasteiger partial charge on any atom is -0.329 e. The number of nitrogens with zero attached hydrogens (tertiary/aromatic N) is 1. The van der Waals surface area contributed by atoms with Crippen LogP contribution in [0.25, 0.3) is 0 Å². The van der Waals surface area contributed by atoms with Crippen molar-refractivity contribution in [2.24, 2.45) is 11.7 Å². The first-order valence-corrected chi connectivity index (χ1v) is 7.24. The second kappa shape index (κ2) is 6.25. The maximum Gasteiger partial charge on any atom is 0.0637 e. The molecule has 1 aromatic rings. The zero-order valence-corrected chi connectivity index (χ0v) is 12.2. The molecule has 4 heteroatoms. The van der Waals surface area contributed by atoms with E-state index in [4.69, 9.17) is 28.9 Å². The first-order chi connectivity index (χ1) is 8.61. The van der Waals surface area contributed by atoms with Crippen molar-refractivity contribution in [2.45, 2.75) is 32.4 Å². The van der Waals surface area contributed by atoms with Gasteiger partial charge in [0.15, 0.2) is 0 Å². The highest BCUT2D eigenvalue weighted by atomic mass is 35.5. The molecule has 100 valence electrons. The number of nitrogens with two attached hydrogens (primary N) is 1. The highest BCUT2D eigenvalue weighted by molar-refractivity contribution is 6.42. The summed E-state index contributed by atoms with van der Waals surface area (Å²) in [6.07, 6.45) is 2.41. The first-order valence-electron chi connectivity index (χ1n) is 6.48. The molecule has 1 aliphatic heterocycles. The Bertz CT molecular complexity index is 409. The SMILES string of the molecule is CC1CCN(Cc2cccc(Cl)c2Cl)C(CN)C1. The van der Waals surface area contributed by atoms with E-state index in [0.29, 0.717) is 22.6 Å². The smallest absolute Gasteiger partial charge is 0.0637 e. The van der Waals surface area contributed by atoms with Crippen LogP contribution in [0.5, 0.6) is 0 Å². The molecule has 0 bridgehead atoms. The maximum absolute atomic E-state index is 6.24. The van der Waals surface area contributed by atoms with E-state index in [-0.39, 0.29) is 0 Å². The van der Waals surface area contributed by atoms with Gasteiger partial charge in [-0.25, -0.2) is 0 Å². The minimum atomic E-state index is 0.462. The molecule has 0 radical (unpaired) electrons. The van der Waals surface area contributed by atoms with E-state index in [0.717, 1.165) is 24.6 Å². The van der Waals surface area contributed by atoms with Crippen LogP contribution in [0.2, 0.25) is 10.0 Å². The summed E-state index contributed by atoms with van der Waals surface area (Å²) in [5.74, 6) is 0.768. The maximum atomic E-state index is 6.24. The van der Waals surface area contributed by atoms with Crippen molar-refractivity contribution in [3.05, 3.63) is 33.8 Å². The molecule has 1 aliphatic rings. The van der Waals surface area contributed by atoms with Crippen molar-refractivity contribution in [1.29, 1.82) is 0 Å². The lowest BCUT2D eigenvalue weighted by Gasteiger charge is -2.38. The largest absolute Gasteiger partial charge is 0.329 e. The Morgan fingerprint density at radius 2 is 2.17 bits per heavy atom. The number of benzene rings is 1. The molecule has 2 rings (SSSR count). The number of hydrogen-bond acceptors (Lipinski definition) is 2. The van der Waals surface area contributed by atoms with Crippen molar-refractivity contribution in [3.63, 3.8) is 0 Å². The Kier molecular flexibility index (Phi) is 4.91. The van der Waals surface area contributed by atoms with Gasteiger partial charge in [-0.05, 0) is 36.9 Å². The molecular weight excluding hydrogens is 267 g/mol. The monoisotopic (exact) mass is 286 g/mol. The minimum absolute atomic E-state index is 0.462. The van der Waals surface area contributed by atoms with Gasteiger partial charge in [0.05, 0.1) is 10.0 Å². The molecule has 1 heterocycles. The first kappa shape index (κ1) is 14.1. The molecule has 18 heavy (non-hydrogen) atoms. The Hall–Kier alpha value is -0.280. The lowest BCUT2D eigenvalue weighted by atomic mass is 9.92. The third-order valence-electron chi connectivity index (χ3n) is 3.78. The summed E-state index contributed by atoms with van der Waals surface area (Å²) in [5, 5.41) is 1.30. The molecule has 0 spiro atoms. The van der Waals surface area contributed by atoms with Gasteiger partial charge in [0.25, 0.3) is 0 Å². The van der Waals surface area contributed by atoms with Crippen LogP contribution in [0.15, 0.2) is 18.2 Å². The fourth-order valence-corrected chi connectivity index (χ4v) is 3.02. The van der Waals surface area contributed by atoms with Crippen LogP contribution in [-0.2, 0) is 6.54 Å². The lowest BCUT2D eigenvalue weighted by molar-refractivity contribution is 0.115. The van der Waals surface area contributed by atoms with E-state index in [9.17, 15) is 0 Å². The van der Waals surface area contributed by atoms with Gasteiger partial charge in [-0.15, -0.1) is 0 Å². The average Bonchev–Trinajstić information content (AvgIpc) is 2.37. The van der Waals surface area contributed by atoms with E-state index in [1.54, 1.807) is 0 Å². The summed E-state index contributed by atoms with van der Waals surface area (Å²) in [7, 11) is 0. The molecule has 1 fully saturated rings. The molecule has 2 unspecified atom stereocenters. The van der Waals surface area contributed by atoms with Crippen LogP contribution >= 0.6 is 23.2 Å². The molecule has 0 amide bonds. The normalized spacial score (nSPS) is 25.3. The lowest BCUT2D eigenvalue weighted by Crippen LogP contribution is -2.45. The molecule has 1 saturated heterocycles. The summed E-state index contributed by atoms with van der Waals surface area (Å²) in [5.41, 5.74) is 6.97. The summed E-state index contributed by atoms with van der Waals surface area (Å²) < 4.78 is 0. The third kappa shape index (κ3) is 3.18. The van der Waals surface area contributed by atoms with Crippen molar-refractivity contribution in [1.82, 2.24) is 4.90 Å². The van der Waals surface area contributed by atoms with E-state index in [1.807, 2.05) is 18.2 Å². The molecule has 2 atom stereocenters. The van der Waals surface area contributed by atoms with Crippen LogP contribution in [0.3, 0.4) is 0 Å². The van der Waals surface area contributed by atoms with Crippen molar-refractivity contribution in [2.75, 3.05) is 13.1 Å². The van der Waals surface area contributed by atoms with Crippen molar-refractivity contribution < 1.29 is 0 Å². The van der Waals surface area contributed by atoms with Crippen molar-refractivity contribution >= 4 is 23.2 Å². The van der Waals surface area contributed by atoms with Gasteiger partial charge in [0.1, 0.15) is 0 Å². The molecular formula is C14H20Cl2N2. The van der Waals surface area contributed by atoms with E-state index >= 15 is 0 Å². The molecule has 0 aromatic heterocycles. The van der Waals surface area contributed by atoms with Crippen molar-refractivity contribution in [3.8, 4) is 0 Å². The zero-order chi connectivity index (χ0) is 13.1. The van der Waals surface area contributed by atoms with E-state index < -0.39 is 0 Å². The summed E-state index contributed by atoms with van der Waals surface area (Å²) in [4.78, 5) is 2.43.